The minimum Gasteiger partial charge on any atom is -0.325 e. The van der Waals surface area contributed by atoms with Crippen LogP contribution in [-0.4, -0.2) is 24.0 Å². The van der Waals surface area contributed by atoms with Gasteiger partial charge in [-0.2, -0.15) is 0 Å². The summed E-state index contributed by atoms with van der Waals surface area (Å²) in [5.74, 6) is 0.739. The first-order valence-electron chi connectivity index (χ1n) is 10.8. The number of hydrogen-bond acceptors (Lipinski definition) is 3. The first-order chi connectivity index (χ1) is 14.5. The summed E-state index contributed by atoms with van der Waals surface area (Å²) in [5.41, 5.74) is 4.51. The number of nitrogens with one attached hydrogen (secondary N) is 2. The Hall–Kier alpha value is -2.50. The predicted molar refractivity (Wildman–Crippen MR) is 123 cm³/mol. The summed E-state index contributed by atoms with van der Waals surface area (Å²) in [7, 11) is 0. The molecule has 3 heterocycles. The van der Waals surface area contributed by atoms with Crippen molar-refractivity contribution in [1.82, 2.24) is 4.98 Å². The van der Waals surface area contributed by atoms with Gasteiger partial charge < -0.3 is 10.2 Å². The van der Waals surface area contributed by atoms with Gasteiger partial charge in [-0.15, -0.1) is 11.3 Å². The van der Waals surface area contributed by atoms with E-state index in [1.807, 2.05) is 42.7 Å². The lowest BCUT2D eigenvalue weighted by Gasteiger charge is -2.34. The van der Waals surface area contributed by atoms with Gasteiger partial charge in [0, 0.05) is 28.4 Å². The van der Waals surface area contributed by atoms with Gasteiger partial charge in [-0.1, -0.05) is 25.1 Å². The van der Waals surface area contributed by atoms with Crippen molar-refractivity contribution in [2.75, 3.05) is 18.4 Å². The molecule has 1 saturated heterocycles. The number of aryl methyl sites for hydroxylation is 1. The number of piperidine rings is 1. The van der Waals surface area contributed by atoms with Crippen molar-refractivity contribution in [3.05, 3.63) is 82.0 Å². The Bertz CT molecular complexity index is 992. The molecule has 156 valence electrons. The van der Waals surface area contributed by atoms with E-state index in [1.54, 1.807) is 16.2 Å². The number of pyridine rings is 1. The van der Waals surface area contributed by atoms with Gasteiger partial charge in [0.1, 0.15) is 11.0 Å². The van der Waals surface area contributed by atoms with E-state index in [0.29, 0.717) is 5.56 Å². The molecule has 1 fully saturated rings. The smallest absolute Gasteiger partial charge is 0.256 e. The Morgan fingerprint density at radius 3 is 2.43 bits per heavy atom. The maximum atomic E-state index is 12.9. The molecule has 1 aromatic carbocycles. The third kappa shape index (κ3) is 4.32. The van der Waals surface area contributed by atoms with Crippen molar-refractivity contribution in [2.24, 2.45) is 5.92 Å². The minimum atomic E-state index is -0.0474. The van der Waals surface area contributed by atoms with E-state index in [-0.39, 0.29) is 11.9 Å². The SMILES string of the molecule is Cc1sc(NC(=O)c2ccccc2)c([C@H](c2ccncc2)[NH+]2CCC(C)CC2)c1C. The monoisotopic (exact) mass is 420 g/mol. The van der Waals surface area contributed by atoms with Crippen molar-refractivity contribution < 1.29 is 9.69 Å². The van der Waals surface area contributed by atoms with Crippen molar-refractivity contribution in [1.29, 1.82) is 0 Å². The van der Waals surface area contributed by atoms with Crippen LogP contribution < -0.4 is 10.2 Å². The highest BCUT2D eigenvalue weighted by molar-refractivity contribution is 7.16. The van der Waals surface area contributed by atoms with Crippen LogP contribution in [0.3, 0.4) is 0 Å². The lowest BCUT2D eigenvalue weighted by Crippen LogP contribution is -3.13. The highest BCUT2D eigenvalue weighted by Crippen LogP contribution is 2.38. The number of anilines is 1. The molecular formula is C25H30N3OS+. The lowest BCUT2D eigenvalue weighted by molar-refractivity contribution is -0.931. The van der Waals surface area contributed by atoms with E-state index < -0.39 is 0 Å². The fraction of sp³-hybridized carbons (Fsp3) is 0.360. The summed E-state index contributed by atoms with van der Waals surface area (Å²) in [5, 5.41) is 4.22. The molecule has 0 spiro atoms. The van der Waals surface area contributed by atoms with Crippen LogP contribution in [0.15, 0.2) is 54.9 Å². The van der Waals surface area contributed by atoms with Gasteiger partial charge in [-0.25, -0.2) is 0 Å². The Balaban J connectivity index is 1.74. The summed E-state index contributed by atoms with van der Waals surface area (Å²) in [6.07, 6.45) is 6.24. The molecule has 1 amide bonds. The van der Waals surface area contributed by atoms with Gasteiger partial charge in [0.25, 0.3) is 5.91 Å². The zero-order valence-electron chi connectivity index (χ0n) is 17.9. The summed E-state index contributed by atoms with van der Waals surface area (Å²) < 4.78 is 0. The Morgan fingerprint density at radius 1 is 1.10 bits per heavy atom. The molecule has 1 aliphatic rings. The van der Waals surface area contributed by atoms with E-state index in [0.717, 1.165) is 24.0 Å². The van der Waals surface area contributed by atoms with E-state index in [9.17, 15) is 4.79 Å². The molecule has 0 bridgehead atoms. The first-order valence-corrected chi connectivity index (χ1v) is 11.6. The molecule has 4 nitrogen and oxygen atoms in total. The number of hydrogen-bond donors (Lipinski definition) is 2. The molecule has 1 aliphatic heterocycles. The molecule has 0 radical (unpaired) electrons. The number of carbonyl (C=O) groups excluding carboxylic acids is 1. The number of rotatable bonds is 5. The number of quaternary nitrogens is 1. The molecule has 1 atom stereocenters. The number of benzene rings is 1. The molecule has 0 aliphatic carbocycles. The molecule has 2 N–H and O–H groups in total. The molecule has 2 aromatic heterocycles. The lowest BCUT2D eigenvalue weighted by atomic mass is 9.91. The number of aromatic nitrogens is 1. The van der Waals surface area contributed by atoms with E-state index in [4.69, 9.17) is 0 Å². The number of thiophene rings is 1. The minimum absolute atomic E-state index is 0.0474. The van der Waals surface area contributed by atoms with Gasteiger partial charge in [0.05, 0.1) is 18.7 Å². The van der Waals surface area contributed by atoms with Crippen LogP contribution in [0.5, 0.6) is 0 Å². The van der Waals surface area contributed by atoms with E-state index >= 15 is 0 Å². The van der Waals surface area contributed by atoms with Crippen molar-refractivity contribution in [3.63, 3.8) is 0 Å². The van der Waals surface area contributed by atoms with Gasteiger partial charge in [0.2, 0.25) is 0 Å². The third-order valence-electron chi connectivity index (χ3n) is 6.35. The predicted octanol–water partition coefficient (Wildman–Crippen LogP) is 4.42. The maximum absolute atomic E-state index is 12.9. The highest BCUT2D eigenvalue weighted by atomic mass is 32.1. The van der Waals surface area contributed by atoms with Crippen molar-refractivity contribution >= 4 is 22.2 Å². The summed E-state index contributed by atoms with van der Waals surface area (Å²) in [6.45, 7) is 8.99. The van der Waals surface area contributed by atoms with Crippen LogP contribution in [-0.2, 0) is 0 Å². The van der Waals surface area contributed by atoms with E-state index in [1.165, 1.54) is 34.4 Å². The fourth-order valence-corrected chi connectivity index (χ4v) is 5.53. The normalized spacial score (nSPS) is 20.0. The van der Waals surface area contributed by atoms with Crippen LogP contribution in [0.1, 0.15) is 57.7 Å². The Labute approximate surface area is 183 Å². The molecule has 4 rings (SSSR count). The maximum Gasteiger partial charge on any atom is 0.256 e. The van der Waals surface area contributed by atoms with Crippen molar-refractivity contribution in [3.8, 4) is 0 Å². The second-order valence-electron chi connectivity index (χ2n) is 8.40. The molecule has 0 saturated carbocycles. The number of carbonyl (C=O) groups is 1. The Kier molecular flexibility index (Phi) is 6.30. The third-order valence-corrected chi connectivity index (χ3v) is 7.49. The van der Waals surface area contributed by atoms with Crippen LogP contribution in [0, 0.1) is 19.8 Å². The molecular weight excluding hydrogens is 390 g/mol. The molecule has 3 aromatic rings. The zero-order valence-corrected chi connectivity index (χ0v) is 18.8. The fourth-order valence-electron chi connectivity index (χ4n) is 4.43. The average molecular weight is 421 g/mol. The zero-order chi connectivity index (χ0) is 21.1. The number of amides is 1. The topological polar surface area (TPSA) is 46.4 Å². The summed E-state index contributed by atoms with van der Waals surface area (Å²) >= 11 is 1.69. The van der Waals surface area contributed by atoms with Crippen molar-refractivity contribution in [2.45, 2.75) is 39.7 Å². The average Bonchev–Trinajstić information content (AvgIpc) is 3.04. The van der Waals surface area contributed by atoms with Crippen LogP contribution >= 0.6 is 11.3 Å². The second kappa shape index (κ2) is 9.11. The van der Waals surface area contributed by atoms with Crippen LogP contribution in [0.4, 0.5) is 5.00 Å². The van der Waals surface area contributed by atoms with Gasteiger partial charge in [-0.05, 0) is 62.4 Å². The largest absolute Gasteiger partial charge is 0.325 e. The number of likely N-dealkylation sites (tertiary alicyclic amines) is 1. The molecule has 5 heteroatoms. The summed E-state index contributed by atoms with van der Waals surface area (Å²) in [4.78, 5) is 20.0. The first kappa shape index (κ1) is 20.8. The molecule has 0 unspecified atom stereocenters. The van der Waals surface area contributed by atoms with Crippen LogP contribution in [0.25, 0.3) is 0 Å². The summed E-state index contributed by atoms with van der Waals surface area (Å²) in [6, 6.07) is 13.9. The standard InChI is InChI=1S/C25H29N3OS/c1-17-11-15-28(16-12-17)23(20-9-13-26-14-10-20)22-18(2)19(3)30-25(22)27-24(29)21-7-5-4-6-8-21/h4-10,13-14,17,23H,11-12,15-16H2,1-3H3,(H,27,29)/p+1/t23-/m0/s1. The van der Waals surface area contributed by atoms with Gasteiger partial charge >= 0.3 is 0 Å². The number of nitrogens with zero attached hydrogens (tertiary/aromatic N) is 1. The highest BCUT2D eigenvalue weighted by Gasteiger charge is 2.34. The molecule has 30 heavy (non-hydrogen) atoms. The van der Waals surface area contributed by atoms with Gasteiger partial charge in [0.15, 0.2) is 0 Å². The van der Waals surface area contributed by atoms with Gasteiger partial charge in [-0.3, -0.25) is 9.78 Å². The quantitative estimate of drug-likeness (QED) is 0.642. The van der Waals surface area contributed by atoms with Crippen LogP contribution in [0.2, 0.25) is 0 Å². The van der Waals surface area contributed by atoms with E-state index in [2.05, 4.69) is 43.2 Å². The second-order valence-corrected chi connectivity index (χ2v) is 9.63. The Morgan fingerprint density at radius 2 is 1.77 bits per heavy atom.